The second-order valence-corrected chi connectivity index (χ2v) is 5.68. The van der Waals surface area contributed by atoms with E-state index < -0.39 is 24.5 Å². The van der Waals surface area contributed by atoms with Gasteiger partial charge in [0.25, 0.3) is 0 Å². The highest BCUT2D eigenvalue weighted by molar-refractivity contribution is 5.78. The van der Waals surface area contributed by atoms with E-state index in [1.54, 1.807) is 17.2 Å². The van der Waals surface area contributed by atoms with E-state index in [1.807, 2.05) is 0 Å². The van der Waals surface area contributed by atoms with Crippen LogP contribution in [0.4, 0.5) is 13.2 Å². The zero-order valence-corrected chi connectivity index (χ0v) is 12.7. The van der Waals surface area contributed by atoms with E-state index >= 15 is 0 Å². The van der Waals surface area contributed by atoms with Crippen molar-refractivity contribution < 1.29 is 22.4 Å². The number of halogens is 3. The van der Waals surface area contributed by atoms with Crippen molar-refractivity contribution in [3.63, 3.8) is 0 Å². The number of rotatable bonds is 4. The maximum absolute atomic E-state index is 12.5. The molecule has 1 saturated heterocycles. The standard InChI is InChI=1S/C14H16F3N5O2/c15-14(16,17)8-11-20-21-13(24-11)10-3-1-2-6-22(10)12(23)7-9-4-5-18-19-9/h4-5,10H,1-3,6-8H2,(H,18,19)/t10-/m1/s1. The Morgan fingerprint density at radius 2 is 2.21 bits per heavy atom. The van der Waals surface area contributed by atoms with Crippen LogP contribution in [0.2, 0.25) is 0 Å². The average Bonchev–Trinajstić information content (AvgIpc) is 3.17. The zero-order valence-electron chi connectivity index (χ0n) is 12.7. The van der Waals surface area contributed by atoms with Crippen molar-refractivity contribution in [1.82, 2.24) is 25.3 Å². The van der Waals surface area contributed by atoms with Gasteiger partial charge < -0.3 is 9.32 Å². The first-order chi connectivity index (χ1) is 11.4. The van der Waals surface area contributed by atoms with Gasteiger partial charge in [0, 0.05) is 18.4 Å². The number of hydrogen-bond acceptors (Lipinski definition) is 5. The number of likely N-dealkylation sites (tertiary alicyclic amines) is 1. The molecule has 2 aromatic rings. The highest BCUT2D eigenvalue weighted by Crippen LogP contribution is 2.31. The molecule has 0 radical (unpaired) electrons. The van der Waals surface area contributed by atoms with Gasteiger partial charge in [-0.2, -0.15) is 18.3 Å². The predicted octanol–water partition coefficient (Wildman–Crippen LogP) is 2.19. The molecule has 1 amide bonds. The summed E-state index contributed by atoms with van der Waals surface area (Å²) < 4.78 is 42.4. The van der Waals surface area contributed by atoms with E-state index in [9.17, 15) is 18.0 Å². The van der Waals surface area contributed by atoms with Gasteiger partial charge in [-0.3, -0.25) is 9.89 Å². The summed E-state index contributed by atoms with van der Waals surface area (Å²) >= 11 is 0. The van der Waals surface area contributed by atoms with Crippen molar-refractivity contribution in [2.45, 2.75) is 44.3 Å². The number of hydrogen-bond donors (Lipinski definition) is 1. The quantitative estimate of drug-likeness (QED) is 0.919. The van der Waals surface area contributed by atoms with Gasteiger partial charge in [0.2, 0.25) is 17.7 Å². The van der Waals surface area contributed by atoms with Gasteiger partial charge in [0.05, 0.1) is 6.42 Å². The fourth-order valence-electron chi connectivity index (χ4n) is 2.78. The van der Waals surface area contributed by atoms with E-state index in [1.165, 1.54) is 0 Å². The second-order valence-electron chi connectivity index (χ2n) is 5.68. The minimum absolute atomic E-state index is 0.0620. The molecule has 0 spiro atoms. The number of carbonyl (C=O) groups is 1. The Morgan fingerprint density at radius 1 is 1.38 bits per heavy atom. The molecular formula is C14H16F3N5O2. The first-order valence-corrected chi connectivity index (χ1v) is 7.59. The minimum atomic E-state index is -4.41. The zero-order chi connectivity index (χ0) is 17.2. The molecule has 10 heteroatoms. The number of nitrogens with zero attached hydrogens (tertiary/aromatic N) is 4. The van der Waals surface area contributed by atoms with Crippen molar-refractivity contribution >= 4 is 5.91 Å². The lowest BCUT2D eigenvalue weighted by molar-refractivity contribution is -0.136. The van der Waals surface area contributed by atoms with Crippen LogP contribution in [0.3, 0.4) is 0 Å². The molecule has 130 valence electrons. The van der Waals surface area contributed by atoms with E-state index in [2.05, 4.69) is 20.4 Å². The van der Waals surface area contributed by atoms with Crippen molar-refractivity contribution in [2.24, 2.45) is 0 Å². The summed E-state index contributed by atoms with van der Waals surface area (Å²) in [6.45, 7) is 0.509. The van der Waals surface area contributed by atoms with Crippen molar-refractivity contribution in [3.05, 3.63) is 29.7 Å². The molecule has 0 saturated carbocycles. The summed E-state index contributed by atoms with van der Waals surface area (Å²) in [4.78, 5) is 14.1. The van der Waals surface area contributed by atoms with E-state index in [-0.39, 0.29) is 18.2 Å². The summed E-state index contributed by atoms with van der Waals surface area (Å²) in [5.41, 5.74) is 0.674. The third-order valence-electron chi connectivity index (χ3n) is 3.84. The molecule has 1 N–H and O–H groups in total. The molecule has 1 aliphatic heterocycles. The van der Waals surface area contributed by atoms with Gasteiger partial charge in [-0.15, -0.1) is 10.2 Å². The van der Waals surface area contributed by atoms with Gasteiger partial charge in [-0.05, 0) is 25.3 Å². The number of amides is 1. The molecule has 3 heterocycles. The summed E-state index contributed by atoms with van der Waals surface area (Å²) in [6, 6.07) is 1.22. The number of nitrogens with one attached hydrogen (secondary N) is 1. The van der Waals surface area contributed by atoms with Crippen LogP contribution < -0.4 is 0 Å². The first-order valence-electron chi connectivity index (χ1n) is 7.59. The Hall–Kier alpha value is -2.39. The average molecular weight is 343 g/mol. The second kappa shape index (κ2) is 6.62. The highest BCUT2D eigenvalue weighted by atomic mass is 19.4. The van der Waals surface area contributed by atoms with Gasteiger partial charge in [0.15, 0.2) is 0 Å². The SMILES string of the molecule is O=C(Cc1ccn[nH]1)N1CCCC[C@@H]1c1nnc(CC(F)(F)F)o1. The van der Waals surface area contributed by atoms with Crippen molar-refractivity contribution in [2.75, 3.05) is 6.54 Å². The Labute approximate surface area is 135 Å². The number of alkyl halides is 3. The molecule has 0 unspecified atom stereocenters. The Kier molecular flexibility index (Phi) is 4.54. The molecule has 0 bridgehead atoms. The molecule has 1 aliphatic rings. The van der Waals surface area contributed by atoms with Crippen LogP contribution in [0.1, 0.15) is 42.8 Å². The smallest absolute Gasteiger partial charge is 0.397 e. The molecule has 0 aromatic carbocycles. The lowest BCUT2D eigenvalue weighted by Crippen LogP contribution is -2.39. The summed E-state index contributed by atoms with van der Waals surface area (Å²) in [5.74, 6) is -0.574. The largest absolute Gasteiger partial charge is 0.423 e. The normalized spacial score (nSPS) is 18.8. The predicted molar refractivity (Wildman–Crippen MR) is 74.7 cm³/mol. The van der Waals surface area contributed by atoms with Crippen LogP contribution in [0, 0.1) is 0 Å². The molecule has 1 atom stereocenters. The number of carbonyl (C=O) groups excluding carboxylic acids is 1. The Bertz CT molecular complexity index is 683. The van der Waals surface area contributed by atoms with Crippen LogP contribution in [0.5, 0.6) is 0 Å². The third kappa shape index (κ3) is 3.92. The number of H-pyrrole nitrogens is 1. The molecule has 1 fully saturated rings. The summed E-state index contributed by atoms with van der Waals surface area (Å²) in [7, 11) is 0. The Morgan fingerprint density at radius 3 is 2.92 bits per heavy atom. The molecule has 0 aliphatic carbocycles. The topological polar surface area (TPSA) is 87.9 Å². The van der Waals surface area contributed by atoms with Gasteiger partial charge in [-0.25, -0.2) is 0 Å². The fraction of sp³-hybridized carbons (Fsp3) is 0.571. The van der Waals surface area contributed by atoms with Crippen molar-refractivity contribution in [3.8, 4) is 0 Å². The molecular weight excluding hydrogens is 327 g/mol. The molecule has 2 aromatic heterocycles. The van der Waals surface area contributed by atoms with Crippen molar-refractivity contribution in [1.29, 1.82) is 0 Å². The number of aromatic nitrogens is 4. The lowest BCUT2D eigenvalue weighted by atomic mass is 10.0. The van der Waals surface area contributed by atoms with E-state index in [0.717, 1.165) is 12.8 Å². The minimum Gasteiger partial charge on any atom is -0.423 e. The van der Waals surface area contributed by atoms with Gasteiger partial charge in [0.1, 0.15) is 12.5 Å². The fourth-order valence-corrected chi connectivity index (χ4v) is 2.78. The summed E-state index contributed by atoms with van der Waals surface area (Å²) in [6.07, 6.45) is -1.73. The molecule has 7 nitrogen and oxygen atoms in total. The third-order valence-corrected chi connectivity index (χ3v) is 3.84. The molecule has 24 heavy (non-hydrogen) atoms. The van der Waals surface area contributed by atoms with Crippen LogP contribution >= 0.6 is 0 Å². The van der Waals surface area contributed by atoms with Crippen LogP contribution in [0.15, 0.2) is 16.7 Å². The number of aromatic amines is 1. The first kappa shape index (κ1) is 16.5. The lowest BCUT2D eigenvalue weighted by Gasteiger charge is -2.33. The van der Waals surface area contributed by atoms with Crippen LogP contribution in [-0.2, 0) is 17.6 Å². The van der Waals surface area contributed by atoms with Gasteiger partial charge >= 0.3 is 6.18 Å². The molecule has 3 rings (SSSR count). The van der Waals surface area contributed by atoms with E-state index in [4.69, 9.17) is 4.42 Å². The maximum Gasteiger partial charge on any atom is 0.397 e. The summed E-state index contributed by atoms with van der Waals surface area (Å²) in [5, 5.41) is 13.7. The maximum atomic E-state index is 12.5. The van der Waals surface area contributed by atoms with Crippen LogP contribution in [0.25, 0.3) is 0 Å². The highest BCUT2D eigenvalue weighted by Gasteiger charge is 2.35. The number of piperidine rings is 1. The Balaban J connectivity index is 1.73. The van der Waals surface area contributed by atoms with E-state index in [0.29, 0.717) is 18.7 Å². The van der Waals surface area contributed by atoms with Gasteiger partial charge in [-0.1, -0.05) is 0 Å². The monoisotopic (exact) mass is 343 g/mol. The van der Waals surface area contributed by atoms with Crippen LogP contribution in [-0.4, -0.2) is 43.9 Å².